The van der Waals surface area contributed by atoms with Gasteiger partial charge in [-0.25, -0.2) is 0 Å². The molecule has 0 amide bonds. The van der Waals surface area contributed by atoms with Crippen LogP contribution in [0.25, 0.3) is 0 Å². The van der Waals surface area contributed by atoms with E-state index in [2.05, 4.69) is 35.4 Å². The van der Waals surface area contributed by atoms with Crippen molar-refractivity contribution in [3.05, 3.63) is 24.0 Å². The topological polar surface area (TPSA) is 26.2 Å². The van der Waals surface area contributed by atoms with Gasteiger partial charge < -0.3 is 14.6 Å². The lowest BCUT2D eigenvalue weighted by Crippen LogP contribution is -2.56. The first-order valence-electron chi connectivity index (χ1n) is 5.23. The van der Waals surface area contributed by atoms with Crippen molar-refractivity contribution in [2.75, 3.05) is 19.8 Å². The molecule has 76 valence electrons. The molecule has 0 unspecified atom stereocenters. The van der Waals surface area contributed by atoms with Crippen LogP contribution in [0.1, 0.15) is 18.0 Å². The highest BCUT2D eigenvalue weighted by Crippen LogP contribution is 2.46. The van der Waals surface area contributed by atoms with E-state index in [1.807, 2.05) is 0 Å². The zero-order valence-corrected chi connectivity index (χ0v) is 8.49. The minimum absolute atomic E-state index is 0.404. The summed E-state index contributed by atoms with van der Waals surface area (Å²) in [4.78, 5) is 0. The van der Waals surface area contributed by atoms with Gasteiger partial charge in [-0.15, -0.1) is 0 Å². The molecule has 3 nitrogen and oxygen atoms in total. The van der Waals surface area contributed by atoms with Gasteiger partial charge in [0.1, 0.15) is 0 Å². The van der Waals surface area contributed by atoms with Crippen molar-refractivity contribution in [3.8, 4) is 0 Å². The van der Waals surface area contributed by atoms with Gasteiger partial charge in [-0.1, -0.05) is 0 Å². The molecule has 0 bridgehead atoms. The highest BCUT2D eigenvalue weighted by molar-refractivity contribution is 5.23. The Kier molecular flexibility index (Phi) is 1.73. The van der Waals surface area contributed by atoms with Crippen molar-refractivity contribution in [2.24, 2.45) is 12.5 Å². The third kappa shape index (κ3) is 1.06. The quantitative estimate of drug-likeness (QED) is 0.720. The minimum Gasteiger partial charge on any atom is -0.381 e. The van der Waals surface area contributed by atoms with Crippen LogP contribution in [0.4, 0.5) is 0 Å². The van der Waals surface area contributed by atoms with Gasteiger partial charge in [0.15, 0.2) is 0 Å². The number of nitrogens with one attached hydrogen (secondary N) is 1. The van der Waals surface area contributed by atoms with Gasteiger partial charge >= 0.3 is 0 Å². The summed E-state index contributed by atoms with van der Waals surface area (Å²) < 4.78 is 7.62. The summed E-state index contributed by atoms with van der Waals surface area (Å²) in [5.41, 5.74) is 1.81. The Bertz CT molecular complexity index is 339. The van der Waals surface area contributed by atoms with E-state index < -0.39 is 0 Å². The molecule has 1 N–H and O–H groups in total. The molecule has 0 aromatic carbocycles. The van der Waals surface area contributed by atoms with Crippen LogP contribution in [0.3, 0.4) is 0 Å². The van der Waals surface area contributed by atoms with E-state index in [9.17, 15) is 0 Å². The number of aryl methyl sites for hydroxylation is 1. The average Bonchev–Trinajstić information content (AvgIpc) is 2.73. The summed E-state index contributed by atoms with van der Waals surface area (Å²) in [7, 11) is 2.07. The normalized spacial score (nSPS) is 36.2. The Labute approximate surface area is 84.1 Å². The van der Waals surface area contributed by atoms with Crippen molar-refractivity contribution in [3.63, 3.8) is 0 Å². The molecule has 1 spiro atoms. The first-order chi connectivity index (χ1) is 6.80. The second kappa shape index (κ2) is 2.84. The molecule has 1 aromatic heterocycles. The first-order valence-corrected chi connectivity index (χ1v) is 5.23. The molecular formula is C11H16N2O. The fourth-order valence-electron chi connectivity index (χ4n) is 2.65. The average molecular weight is 192 g/mol. The Hall–Kier alpha value is -0.800. The molecule has 0 radical (unpaired) electrons. The van der Waals surface area contributed by atoms with Crippen LogP contribution in [0.15, 0.2) is 18.5 Å². The lowest BCUT2D eigenvalue weighted by Gasteiger charge is -2.47. The fraction of sp³-hybridized carbons (Fsp3) is 0.636. The third-order valence-corrected chi connectivity index (χ3v) is 3.59. The zero-order chi connectivity index (χ0) is 9.60. The second-order valence-electron chi connectivity index (χ2n) is 4.59. The van der Waals surface area contributed by atoms with Crippen molar-refractivity contribution >= 4 is 0 Å². The van der Waals surface area contributed by atoms with Gasteiger partial charge in [0.05, 0.1) is 6.61 Å². The molecule has 0 saturated carbocycles. The number of hydrogen-bond donors (Lipinski definition) is 1. The summed E-state index contributed by atoms with van der Waals surface area (Å²) in [6.45, 7) is 2.98. The van der Waals surface area contributed by atoms with E-state index in [1.165, 1.54) is 12.0 Å². The van der Waals surface area contributed by atoms with Crippen LogP contribution in [-0.2, 0) is 11.8 Å². The Morgan fingerprint density at radius 1 is 1.64 bits per heavy atom. The highest BCUT2D eigenvalue weighted by Gasteiger charge is 2.49. The van der Waals surface area contributed by atoms with Crippen molar-refractivity contribution in [2.45, 2.75) is 12.5 Å². The maximum absolute atomic E-state index is 5.51. The number of hydrogen-bond acceptors (Lipinski definition) is 2. The number of rotatable bonds is 1. The van der Waals surface area contributed by atoms with Crippen LogP contribution in [0.2, 0.25) is 0 Å². The van der Waals surface area contributed by atoms with Gasteiger partial charge in [-0.05, 0) is 18.1 Å². The minimum atomic E-state index is 0.404. The third-order valence-electron chi connectivity index (χ3n) is 3.59. The Morgan fingerprint density at radius 2 is 2.57 bits per heavy atom. The van der Waals surface area contributed by atoms with Gasteiger partial charge in [0, 0.05) is 44.0 Å². The molecular weight excluding hydrogens is 176 g/mol. The van der Waals surface area contributed by atoms with E-state index in [0.717, 1.165) is 19.8 Å². The van der Waals surface area contributed by atoms with E-state index >= 15 is 0 Å². The number of ether oxygens (including phenoxy) is 1. The summed E-state index contributed by atoms with van der Waals surface area (Å²) in [6, 6.07) is 2.72. The molecule has 2 saturated heterocycles. The highest BCUT2D eigenvalue weighted by atomic mass is 16.5. The van der Waals surface area contributed by atoms with Crippen molar-refractivity contribution < 1.29 is 4.74 Å². The summed E-state index contributed by atoms with van der Waals surface area (Å²) in [5, 5.41) is 3.51. The molecule has 1 aromatic rings. The van der Waals surface area contributed by atoms with E-state index in [4.69, 9.17) is 4.74 Å². The first kappa shape index (κ1) is 8.50. The molecule has 2 aliphatic rings. The molecule has 3 heteroatoms. The van der Waals surface area contributed by atoms with Crippen molar-refractivity contribution in [1.29, 1.82) is 0 Å². The van der Waals surface area contributed by atoms with Gasteiger partial charge in [-0.2, -0.15) is 0 Å². The molecule has 2 atom stereocenters. The summed E-state index contributed by atoms with van der Waals surface area (Å²) in [6.07, 6.45) is 5.52. The standard InChI is InChI=1S/C11H16N2O/c1-13-4-2-9(6-13)10-11(7-12-10)3-5-14-8-11/h2,4,6,10,12H,3,5,7-8H2,1H3/t10-,11-/m1/s1. The fourth-order valence-corrected chi connectivity index (χ4v) is 2.65. The Morgan fingerprint density at radius 3 is 3.07 bits per heavy atom. The van der Waals surface area contributed by atoms with E-state index in [0.29, 0.717) is 11.5 Å². The predicted octanol–water partition coefficient (Wildman–Crippen LogP) is 1.08. The van der Waals surface area contributed by atoms with Crippen LogP contribution >= 0.6 is 0 Å². The van der Waals surface area contributed by atoms with E-state index in [1.54, 1.807) is 0 Å². The maximum Gasteiger partial charge on any atom is 0.0553 e. The second-order valence-corrected chi connectivity index (χ2v) is 4.59. The molecule has 2 aliphatic heterocycles. The lowest BCUT2D eigenvalue weighted by molar-refractivity contribution is 0.0577. The number of nitrogens with zero attached hydrogens (tertiary/aromatic N) is 1. The summed E-state index contributed by atoms with van der Waals surface area (Å²) in [5.74, 6) is 0. The Balaban J connectivity index is 1.86. The van der Waals surface area contributed by atoms with Gasteiger partial charge in [-0.3, -0.25) is 0 Å². The molecule has 0 aliphatic carbocycles. The summed E-state index contributed by atoms with van der Waals surface area (Å²) >= 11 is 0. The molecule has 3 rings (SSSR count). The van der Waals surface area contributed by atoms with Crippen LogP contribution in [-0.4, -0.2) is 24.3 Å². The zero-order valence-electron chi connectivity index (χ0n) is 8.49. The van der Waals surface area contributed by atoms with E-state index in [-0.39, 0.29) is 0 Å². The molecule has 14 heavy (non-hydrogen) atoms. The number of aromatic nitrogens is 1. The predicted molar refractivity (Wildman–Crippen MR) is 54.0 cm³/mol. The SMILES string of the molecule is Cn1ccc([C@H]2NC[C@@]23CCOC3)c1. The van der Waals surface area contributed by atoms with Crippen LogP contribution in [0, 0.1) is 5.41 Å². The largest absolute Gasteiger partial charge is 0.381 e. The maximum atomic E-state index is 5.51. The van der Waals surface area contributed by atoms with Crippen molar-refractivity contribution in [1.82, 2.24) is 9.88 Å². The van der Waals surface area contributed by atoms with Crippen LogP contribution in [0.5, 0.6) is 0 Å². The van der Waals surface area contributed by atoms with Gasteiger partial charge in [0.2, 0.25) is 0 Å². The monoisotopic (exact) mass is 192 g/mol. The van der Waals surface area contributed by atoms with Gasteiger partial charge in [0.25, 0.3) is 0 Å². The molecule has 2 fully saturated rings. The van der Waals surface area contributed by atoms with Crippen LogP contribution < -0.4 is 5.32 Å². The molecule has 3 heterocycles. The lowest BCUT2D eigenvalue weighted by atomic mass is 9.71. The smallest absolute Gasteiger partial charge is 0.0553 e.